The molecule has 0 saturated heterocycles. The zero-order valence-corrected chi connectivity index (χ0v) is 18.4. The highest BCUT2D eigenvalue weighted by Gasteiger charge is 2.14. The average molecular weight is 467 g/mol. The van der Waals surface area contributed by atoms with Gasteiger partial charge in [-0.15, -0.1) is 0 Å². The normalized spacial score (nSPS) is 12.0. The van der Waals surface area contributed by atoms with Crippen molar-refractivity contribution in [3.05, 3.63) is 97.5 Å². The molecule has 0 spiro atoms. The van der Waals surface area contributed by atoms with Gasteiger partial charge in [0, 0.05) is 0 Å². The van der Waals surface area contributed by atoms with Crippen LogP contribution in [0.2, 0.25) is 5.02 Å². The maximum absolute atomic E-state index is 13.1. The lowest BCUT2D eigenvalue weighted by atomic mass is 10.2. The molecule has 160 valence electrons. The van der Waals surface area contributed by atoms with Gasteiger partial charge in [0.2, 0.25) is 0 Å². The van der Waals surface area contributed by atoms with Crippen molar-refractivity contribution in [2.45, 2.75) is 6.61 Å². The van der Waals surface area contributed by atoms with E-state index in [1.54, 1.807) is 34.7 Å². The molecule has 0 radical (unpaired) electrons. The fraction of sp³-hybridized carbons (Fsp3) is 0.0833. The molecule has 0 fully saturated rings. The minimum atomic E-state index is -0.309. The van der Waals surface area contributed by atoms with Gasteiger partial charge in [0.1, 0.15) is 12.4 Å². The summed E-state index contributed by atoms with van der Waals surface area (Å²) < 4.78 is 26.5. The third-order valence-corrected chi connectivity index (χ3v) is 6.24. The first-order chi connectivity index (χ1) is 15.5. The molecule has 2 heterocycles. The van der Waals surface area contributed by atoms with E-state index in [1.807, 2.05) is 24.3 Å². The molecule has 0 bridgehead atoms. The van der Waals surface area contributed by atoms with E-state index in [-0.39, 0.29) is 18.0 Å². The number of imidazole rings is 1. The van der Waals surface area contributed by atoms with Gasteiger partial charge in [0.05, 0.1) is 27.7 Å². The Balaban J connectivity index is 1.51. The van der Waals surface area contributed by atoms with Gasteiger partial charge >= 0.3 is 0 Å². The number of benzene rings is 3. The van der Waals surface area contributed by atoms with Crippen molar-refractivity contribution in [3.63, 3.8) is 0 Å². The molecule has 3 aromatic carbocycles. The molecule has 0 atom stereocenters. The van der Waals surface area contributed by atoms with Gasteiger partial charge in [-0.2, -0.15) is 0 Å². The van der Waals surface area contributed by atoms with Crippen molar-refractivity contribution in [2.75, 3.05) is 7.11 Å². The van der Waals surface area contributed by atoms with Crippen molar-refractivity contribution in [1.29, 1.82) is 0 Å². The van der Waals surface area contributed by atoms with E-state index < -0.39 is 0 Å². The van der Waals surface area contributed by atoms with Gasteiger partial charge in [-0.1, -0.05) is 47.2 Å². The first kappa shape index (κ1) is 20.5. The number of fused-ring (bicyclic) bond motifs is 3. The van der Waals surface area contributed by atoms with Gasteiger partial charge in [-0.25, -0.2) is 13.8 Å². The first-order valence-corrected chi connectivity index (χ1v) is 10.9. The number of aromatic nitrogens is 2. The molecule has 32 heavy (non-hydrogen) atoms. The molecule has 5 nitrogen and oxygen atoms in total. The van der Waals surface area contributed by atoms with Gasteiger partial charge in [-0.3, -0.25) is 4.79 Å². The lowest BCUT2D eigenvalue weighted by Gasteiger charge is -2.13. The molecular weight excluding hydrogens is 451 g/mol. The second-order valence-corrected chi connectivity index (χ2v) is 8.50. The number of hydrogen-bond acceptors (Lipinski definition) is 5. The monoisotopic (exact) mass is 466 g/mol. The Hall–Kier alpha value is -3.42. The predicted octanol–water partition coefficient (Wildman–Crippen LogP) is 4.84. The maximum atomic E-state index is 13.1. The van der Waals surface area contributed by atoms with Crippen LogP contribution in [0.5, 0.6) is 11.5 Å². The Morgan fingerprint density at radius 2 is 1.94 bits per heavy atom. The summed E-state index contributed by atoms with van der Waals surface area (Å²) in [6.07, 6.45) is 1.76. The molecule has 0 aliphatic heterocycles. The second-order valence-electron chi connectivity index (χ2n) is 7.08. The van der Waals surface area contributed by atoms with Crippen LogP contribution in [0, 0.1) is 5.82 Å². The Labute approximate surface area is 190 Å². The maximum Gasteiger partial charge on any atom is 0.274 e. The lowest BCUT2D eigenvalue weighted by Crippen LogP contribution is -2.22. The van der Waals surface area contributed by atoms with Crippen LogP contribution in [0.4, 0.5) is 4.39 Å². The molecule has 0 unspecified atom stereocenters. The van der Waals surface area contributed by atoms with E-state index in [0.29, 0.717) is 31.6 Å². The average Bonchev–Trinajstić information content (AvgIpc) is 3.30. The van der Waals surface area contributed by atoms with E-state index in [0.717, 1.165) is 16.6 Å². The van der Waals surface area contributed by atoms with Crippen LogP contribution < -0.4 is 19.6 Å². The number of methoxy groups -OCH3 is 1. The van der Waals surface area contributed by atoms with Gasteiger partial charge in [0.25, 0.3) is 5.56 Å². The zero-order valence-electron chi connectivity index (χ0n) is 16.8. The fourth-order valence-electron chi connectivity index (χ4n) is 3.46. The summed E-state index contributed by atoms with van der Waals surface area (Å²) >= 11 is 7.78. The number of thiazole rings is 1. The summed E-state index contributed by atoms with van der Waals surface area (Å²) in [6.45, 7) is 0.208. The van der Waals surface area contributed by atoms with Gasteiger partial charge in [-0.05, 0) is 53.6 Å². The van der Waals surface area contributed by atoms with Crippen LogP contribution >= 0.6 is 22.9 Å². The minimum Gasteiger partial charge on any atom is -0.493 e. The van der Waals surface area contributed by atoms with Crippen LogP contribution in [0.1, 0.15) is 11.1 Å². The van der Waals surface area contributed by atoms with E-state index >= 15 is 0 Å². The summed E-state index contributed by atoms with van der Waals surface area (Å²) in [7, 11) is 1.52. The van der Waals surface area contributed by atoms with Crippen molar-refractivity contribution in [3.8, 4) is 11.5 Å². The molecule has 8 heteroatoms. The predicted molar refractivity (Wildman–Crippen MR) is 124 cm³/mol. The van der Waals surface area contributed by atoms with Crippen LogP contribution in [-0.4, -0.2) is 16.5 Å². The summed E-state index contributed by atoms with van der Waals surface area (Å²) in [5, 5.41) is 0.344. The third-order valence-electron chi connectivity index (χ3n) is 4.99. The number of para-hydroxylation sites is 2. The van der Waals surface area contributed by atoms with E-state index in [2.05, 4.69) is 4.98 Å². The summed E-state index contributed by atoms with van der Waals surface area (Å²) in [5.74, 6) is 0.506. The van der Waals surface area contributed by atoms with Crippen molar-refractivity contribution < 1.29 is 13.9 Å². The topological polar surface area (TPSA) is 52.8 Å². The van der Waals surface area contributed by atoms with Crippen molar-refractivity contribution >= 4 is 45.0 Å². The standard InChI is InChI=1S/C24H16ClFN2O3S/c1-30-20-11-15(10-17(25)22(20)31-13-14-6-8-16(26)9-7-14)12-21-23(29)28-19-5-3-2-4-18(19)27-24(28)32-21/h2-12H,13H2,1H3. The van der Waals surface area contributed by atoms with E-state index in [1.165, 1.54) is 30.6 Å². The van der Waals surface area contributed by atoms with Crippen LogP contribution in [0.25, 0.3) is 22.1 Å². The zero-order chi connectivity index (χ0) is 22.2. The van der Waals surface area contributed by atoms with Gasteiger partial charge in [0.15, 0.2) is 16.5 Å². The number of halogens is 2. The van der Waals surface area contributed by atoms with Gasteiger partial charge < -0.3 is 9.47 Å². The Bertz CT molecular complexity index is 1560. The number of hydrogen-bond donors (Lipinski definition) is 0. The Morgan fingerprint density at radius 1 is 1.16 bits per heavy atom. The van der Waals surface area contributed by atoms with Crippen molar-refractivity contribution in [1.82, 2.24) is 9.38 Å². The smallest absolute Gasteiger partial charge is 0.274 e. The van der Waals surface area contributed by atoms with Crippen molar-refractivity contribution in [2.24, 2.45) is 0 Å². The molecule has 0 amide bonds. The minimum absolute atomic E-state index is 0.134. The Kier molecular flexibility index (Phi) is 5.28. The molecule has 2 aromatic heterocycles. The summed E-state index contributed by atoms with van der Waals surface area (Å²) in [6, 6.07) is 17.0. The largest absolute Gasteiger partial charge is 0.493 e. The molecule has 0 N–H and O–H groups in total. The molecule has 0 aliphatic carbocycles. The first-order valence-electron chi connectivity index (χ1n) is 9.70. The molecule has 5 rings (SSSR count). The highest BCUT2D eigenvalue weighted by Crippen LogP contribution is 2.37. The lowest BCUT2D eigenvalue weighted by molar-refractivity contribution is 0.284. The molecule has 0 saturated carbocycles. The number of rotatable bonds is 5. The van der Waals surface area contributed by atoms with Crippen LogP contribution in [0.15, 0.2) is 65.5 Å². The number of ether oxygens (including phenoxy) is 2. The van der Waals surface area contributed by atoms with Crippen LogP contribution in [-0.2, 0) is 6.61 Å². The third kappa shape index (κ3) is 3.70. The van der Waals surface area contributed by atoms with E-state index in [4.69, 9.17) is 21.1 Å². The highest BCUT2D eigenvalue weighted by molar-refractivity contribution is 7.15. The molecule has 5 aromatic rings. The summed E-state index contributed by atoms with van der Waals surface area (Å²) in [4.78, 5) is 18.2. The fourth-order valence-corrected chi connectivity index (χ4v) is 4.72. The number of nitrogens with zero attached hydrogens (tertiary/aromatic N) is 2. The van der Waals surface area contributed by atoms with Crippen LogP contribution in [0.3, 0.4) is 0 Å². The van der Waals surface area contributed by atoms with E-state index in [9.17, 15) is 9.18 Å². The highest BCUT2D eigenvalue weighted by atomic mass is 35.5. The Morgan fingerprint density at radius 3 is 2.72 bits per heavy atom. The molecular formula is C24H16ClFN2O3S. The quantitative estimate of drug-likeness (QED) is 0.372. The summed E-state index contributed by atoms with van der Waals surface area (Å²) in [5.41, 5.74) is 2.93. The molecule has 0 aliphatic rings. The SMILES string of the molecule is COc1cc(C=c2sc3nc4ccccc4n3c2=O)cc(Cl)c1OCc1ccc(F)cc1. The second kappa shape index (κ2) is 8.26.